The highest BCUT2D eigenvalue weighted by Crippen LogP contribution is 2.20. The first-order valence-electron chi connectivity index (χ1n) is 12.1. The zero-order valence-electron chi connectivity index (χ0n) is 21.1. The maximum Gasteiger partial charge on any atom is 0.243 e. The minimum Gasteiger partial charge on any atom is -0.354 e. The summed E-state index contributed by atoms with van der Waals surface area (Å²) in [5.74, 6) is 0.145. The molecule has 0 fully saturated rings. The summed E-state index contributed by atoms with van der Waals surface area (Å²) >= 11 is 3.54. The lowest BCUT2D eigenvalue weighted by atomic mass is 9.99. The Morgan fingerprint density at radius 1 is 0.914 bits per heavy atom. The zero-order valence-corrected chi connectivity index (χ0v) is 22.6. The first-order valence-corrected chi connectivity index (χ1v) is 12.9. The molecule has 0 bridgehead atoms. The average molecular weight is 536 g/mol. The predicted molar refractivity (Wildman–Crippen MR) is 146 cm³/mol. The van der Waals surface area contributed by atoms with Crippen molar-refractivity contribution in [1.29, 1.82) is 0 Å². The molecule has 4 nitrogen and oxygen atoms in total. The Bertz CT molecular complexity index is 1140. The second-order valence-corrected chi connectivity index (χ2v) is 10.5. The Hall–Kier alpha value is -2.92. The first kappa shape index (κ1) is 26.7. The van der Waals surface area contributed by atoms with Crippen molar-refractivity contribution in [2.75, 3.05) is 6.54 Å². The van der Waals surface area contributed by atoms with Gasteiger partial charge in [0.2, 0.25) is 11.8 Å². The molecule has 0 aliphatic carbocycles. The third-order valence-electron chi connectivity index (χ3n) is 6.04. The van der Waals surface area contributed by atoms with E-state index >= 15 is 0 Å². The predicted octanol–water partition coefficient (Wildman–Crippen LogP) is 6.02. The van der Waals surface area contributed by atoms with E-state index < -0.39 is 6.04 Å². The van der Waals surface area contributed by atoms with Gasteiger partial charge in [-0.05, 0) is 54.2 Å². The molecule has 0 aliphatic rings. The number of hydrogen-bond donors (Lipinski definition) is 1. The van der Waals surface area contributed by atoms with E-state index in [1.54, 1.807) is 4.90 Å². The minimum absolute atomic E-state index is 0.0562. The smallest absolute Gasteiger partial charge is 0.243 e. The van der Waals surface area contributed by atoms with Gasteiger partial charge in [0.15, 0.2) is 0 Å². The number of halogens is 1. The molecule has 0 aliphatic heterocycles. The highest BCUT2D eigenvalue weighted by Gasteiger charge is 2.30. The van der Waals surface area contributed by atoms with E-state index in [1.165, 1.54) is 0 Å². The van der Waals surface area contributed by atoms with E-state index in [4.69, 9.17) is 0 Å². The van der Waals surface area contributed by atoms with Crippen LogP contribution in [0, 0.1) is 19.8 Å². The Balaban J connectivity index is 1.98. The van der Waals surface area contributed by atoms with Crippen LogP contribution < -0.4 is 5.32 Å². The number of hydrogen-bond acceptors (Lipinski definition) is 2. The van der Waals surface area contributed by atoms with E-state index in [0.717, 1.165) is 32.3 Å². The SMILES string of the molecule is Cc1ccc(C)c(CC(=O)N(Cc2cccc(Br)c2)[C@@H](Cc2ccccc2)C(=O)NCC(C)C)c1. The van der Waals surface area contributed by atoms with Gasteiger partial charge in [-0.2, -0.15) is 0 Å². The van der Waals surface area contributed by atoms with Crippen LogP contribution in [-0.2, 0) is 29.0 Å². The van der Waals surface area contributed by atoms with Gasteiger partial charge in [-0.3, -0.25) is 9.59 Å². The van der Waals surface area contributed by atoms with Gasteiger partial charge in [-0.25, -0.2) is 0 Å². The van der Waals surface area contributed by atoms with Gasteiger partial charge in [-0.1, -0.05) is 96.0 Å². The van der Waals surface area contributed by atoms with Gasteiger partial charge in [0.25, 0.3) is 0 Å². The molecule has 1 atom stereocenters. The first-order chi connectivity index (χ1) is 16.7. The molecule has 0 aromatic heterocycles. The van der Waals surface area contributed by atoms with Crippen molar-refractivity contribution in [2.45, 2.75) is 53.1 Å². The van der Waals surface area contributed by atoms with Crippen molar-refractivity contribution in [1.82, 2.24) is 10.2 Å². The third kappa shape index (κ3) is 8.07. The molecule has 35 heavy (non-hydrogen) atoms. The Morgan fingerprint density at radius 2 is 1.63 bits per heavy atom. The highest BCUT2D eigenvalue weighted by atomic mass is 79.9. The summed E-state index contributed by atoms with van der Waals surface area (Å²) in [5, 5.41) is 3.08. The summed E-state index contributed by atoms with van der Waals surface area (Å²) in [6.45, 7) is 9.12. The normalized spacial score (nSPS) is 11.8. The molecule has 0 saturated carbocycles. The summed E-state index contributed by atoms with van der Waals surface area (Å²) in [7, 11) is 0. The van der Waals surface area contributed by atoms with Crippen molar-refractivity contribution in [3.05, 3.63) is 105 Å². The van der Waals surface area contributed by atoms with Gasteiger partial charge >= 0.3 is 0 Å². The van der Waals surface area contributed by atoms with E-state index in [2.05, 4.69) is 47.2 Å². The molecule has 1 N–H and O–H groups in total. The third-order valence-corrected chi connectivity index (χ3v) is 6.54. The maximum atomic E-state index is 13.9. The van der Waals surface area contributed by atoms with Crippen molar-refractivity contribution in [2.24, 2.45) is 5.92 Å². The van der Waals surface area contributed by atoms with Gasteiger partial charge < -0.3 is 10.2 Å². The molecule has 0 radical (unpaired) electrons. The van der Waals surface area contributed by atoms with Gasteiger partial charge in [-0.15, -0.1) is 0 Å². The molecular weight excluding hydrogens is 500 g/mol. The fourth-order valence-corrected chi connectivity index (χ4v) is 4.51. The second kappa shape index (κ2) is 12.7. The largest absolute Gasteiger partial charge is 0.354 e. The van der Waals surface area contributed by atoms with Crippen LogP contribution >= 0.6 is 15.9 Å². The Labute approximate surface area is 217 Å². The summed E-state index contributed by atoms with van der Waals surface area (Å²) in [4.78, 5) is 29.1. The van der Waals surface area contributed by atoms with Crippen LogP contribution in [0.1, 0.15) is 41.7 Å². The van der Waals surface area contributed by atoms with E-state index in [1.807, 2.05) is 74.5 Å². The number of rotatable bonds is 10. The van der Waals surface area contributed by atoms with Gasteiger partial charge in [0.05, 0.1) is 6.42 Å². The van der Waals surface area contributed by atoms with Crippen LogP contribution in [0.15, 0.2) is 77.3 Å². The lowest BCUT2D eigenvalue weighted by Crippen LogP contribution is -2.51. The number of amides is 2. The van der Waals surface area contributed by atoms with Gasteiger partial charge in [0, 0.05) is 24.0 Å². The van der Waals surface area contributed by atoms with Crippen LogP contribution in [0.5, 0.6) is 0 Å². The molecule has 2 amide bonds. The summed E-state index contributed by atoms with van der Waals surface area (Å²) in [6, 6.07) is 23.4. The second-order valence-electron chi connectivity index (χ2n) is 9.60. The summed E-state index contributed by atoms with van der Waals surface area (Å²) < 4.78 is 0.945. The number of benzene rings is 3. The molecule has 0 saturated heterocycles. The van der Waals surface area contributed by atoms with Crippen molar-refractivity contribution >= 4 is 27.7 Å². The van der Waals surface area contributed by atoms with E-state index in [0.29, 0.717) is 25.4 Å². The Kier molecular flexibility index (Phi) is 9.67. The van der Waals surface area contributed by atoms with E-state index in [-0.39, 0.29) is 18.2 Å². The topological polar surface area (TPSA) is 49.4 Å². The van der Waals surface area contributed by atoms with Crippen LogP contribution in [0.3, 0.4) is 0 Å². The molecule has 0 unspecified atom stereocenters. The molecule has 3 rings (SSSR count). The fraction of sp³-hybridized carbons (Fsp3) is 0.333. The lowest BCUT2D eigenvalue weighted by Gasteiger charge is -2.32. The number of carbonyl (C=O) groups is 2. The minimum atomic E-state index is -0.618. The number of nitrogens with zero attached hydrogens (tertiary/aromatic N) is 1. The maximum absolute atomic E-state index is 13.9. The average Bonchev–Trinajstić information content (AvgIpc) is 2.82. The summed E-state index contributed by atoms with van der Waals surface area (Å²) in [5.41, 5.74) is 5.19. The molecule has 5 heteroatoms. The van der Waals surface area contributed by atoms with Crippen LogP contribution in [0.4, 0.5) is 0 Å². The number of carbonyl (C=O) groups excluding carboxylic acids is 2. The van der Waals surface area contributed by atoms with Crippen LogP contribution in [0.2, 0.25) is 0 Å². The monoisotopic (exact) mass is 534 g/mol. The quantitative estimate of drug-likeness (QED) is 0.345. The van der Waals surface area contributed by atoms with Crippen molar-refractivity contribution in [3.63, 3.8) is 0 Å². The molecule has 3 aromatic carbocycles. The van der Waals surface area contributed by atoms with Crippen molar-refractivity contribution < 1.29 is 9.59 Å². The number of nitrogens with one attached hydrogen (secondary N) is 1. The Morgan fingerprint density at radius 3 is 2.31 bits per heavy atom. The van der Waals surface area contributed by atoms with Crippen LogP contribution in [0.25, 0.3) is 0 Å². The highest BCUT2D eigenvalue weighted by molar-refractivity contribution is 9.10. The molecular formula is C30H35BrN2O2. The fourth-order valence-electron chi connectivity index (χ4n) is 4.06. The van der Waals surface area contributed by atoms with E-state index in [9.17, 15) is 9.59 Å². The standard InChI is InChI=1S/C30H35BrN2O2/c1-21(2)19-32-30(35)28(17-24-9-6-5-7-10-24)33(20-25-11-8-12-27(31)16-25)29(34)18-26-15-22(3)13-14-23(26)4/h5-16,21,28H,17-20H2,1-4H3,(H,32,35)/t28-/m0/s1. The zero-order chi connectivity index (χ0) is 25.4. The summed E-state index contributed by atoms with van der Waals surface area (Å²) in [6.07, 6.45) is 0.710. The number of aryl methyl sites for hydroxylation is 2. The van der Waals surface area contributed by atoms with Gasteiger partial charge in [0.1, 0.15) is 6.04 Å². The molecule has 0 heterocycles. The van der Waals surface area contributed by atoms with Crippen molar-refractivity contribution in [3.8, 4) is 0 Å². The molecule has 3 aromatic rings. The van der Waals surface area contributed by atoms with Crippen LogP contribution in [-0.4, -0.2) is 29.3 Å². The lowest BCUT2D eigenvalue weighted by molar-refractivity contribution is -0.140. The molecule has 0 spiro atoms. The molecule has 184 valence electrons.